The highest BCUT2D eigenvalue weighted by molar-refractivity contribution is 5.89. The number of fused-ring (bicyclic) bond motifs is 1. The number of esters is 1. The lowest BCUT2D eigenvalue weighted by Gasteiger charge is -2.21. The number of benzene rings is 2. The Hall–Kier alpha value is -5.39. The van der Waals surface area contributed by atoms with Crippen LogP contribution in [0.25, 0.3) is 22.5 Å². The van der Waals surface area contributed by atoms with Gasteiger partial charge in [0.1, 0.15) is 29.3 Å². The lowest BCUT2D eigenvalue weighted by molar-refractivity contribution is -0.0994. The molecule has 1 unspecified atom stereocenters. The molecule has 2 aromatic carbocycles. The molecule has 0 amide bonds. The van der Waals surface area contributed by atoms with Gasteiger partial charge in [-0.2, -0.15) is 5.21 Å². The van der Waals surface area contributed by atoms with Gasteiger partial charge in [0.2, 0.25) is 12.1 Å². The van der Waals surface area contributed by atoms with Gasteiger partial charge < -0.3 is 42.8 Å². The van der Waals surface area contributed by atoms with E-state index in [2.05, 4.69) is 30.3 Å². The smallest absolute Gasteiger partial charge is 0.438 e. The van der Waals surface area contributed by atoms with Crippen LogP contribution in [0, 0.1) is 0 Å². The second-order valence-electron chi connectivity index (χ2n) is 12.8. The van der Waals surface area contributed by atoms with E-state index >= 15 is 0 Å². The van der Waals surface area contributed by atoms with Crippen molar-refractivity contribution in [1.82, 2.24) is 30.2 Å². The molecule has 17 heteroatoms. The fourth-order valence-corrected chi connectivity index (χ4v) is 6.22. The third-order valence-electron chi connectivity index (χ3n) is 8.57. The SMILES string of the molecule is CCCc1nc(C(C)(C)O)c(C(=O)OC(C)OC(=O)O[C@H]2CO[C@H]3[C@@H]2OC[C@@H]3OC(=O)OC)n1Cc1ccc(-c2ccccc2-c2nn[nH]n2)cc1. The van der Waals surface area contributed by atoms with Gasteiger partial charge in [-0.1, -0.05) is 55.5 Å². The van der Waals surface area contributed by atoms with E-state index in [-0.39, 0.29) is 31.1 Å². The summed E-state index contributed by atoms with van der Waals surface area (Å²) in [6.07, 6.45) is -5.10. The van der Waals surface area contributed by atoms with Crippen molar-refractivity contribution in [1.29, 1.82) is 0 Å². The van der Waals surface area contributed by atoms with E-state index in [1.165, 1.54) is 27.9 Å². The minimum absolute atomic E-state index is 0.0225. The van der Waals surface area contributed by atoms with Crippen LogP contribution in [0.5, 0.6) is 0 Å². The van der Waals surface area contributed by atoms with Crippen LogP contribution in [0.4, 0.5) is 9.59 Å². The number of carbonyl (C=O) groups excluding carboxylic acids is 3. The van der Waals surface area contributed by atoms with E-state index in [9.17, 15) is 19.5 Å². The van der Waals surface area contributed by atoms with Crippen molar-refractivity contribution in [3.8, 4) is 22.5 Å². The molecule has 5 atom stereocenters. The molecule has 2 saturated heterocycles. The predicted molar refractivity (Wildman–Crippen MR) is 179 cm³/mol. The van der Waals surface area contributed by atoms with Crippen LogP contribution in [0.1, 0.15) is 61.7 Å². The first-order chi connectivity index (χ1) is 25.0. The summed E-state index contributed by atoms with van der Waals surface area (Å²) < 4.78 is 38.9. The summed E-state index contributed by atoms with van der Waals surface area (Å²) >= 11 is 0. The third-order valence-corrected chi connectivity index (χ3v) is 8.57. The van der Waals surface area contributed by atoms with E-state index in [4.69, 9.17) is 28.4 Å². The summed E-state index contributed by atoms with van der Waals surface area (Å²) in [5.41, 5.74) is 2.14. The molecule has 0 bridgehead atoms. The second kappa shape index (κ2) is 15.5. The zero-order valence-electron chi connectivity index (χ0n) is 29.3. The monoisotopic (exact) mass is 720 g/mol. The van der Waals surface area contributed by atoms with Crippen LogP contribution in [0.3, 0.4) is 0 Å². The maximum atomic E-state index is 13.8. The molecule has 0 aliphatic carbocycles. The molecule has 276 valence electrons. The number of rotatable bonds is 12. The van der Waals surface area contributed by atoms with E-state index in [0.29, 0.717) is 18.1 Å². The van der Waals surface area contributed by atoms with Crippen molar-refractivity contribution >= 4 is 18.3 Å². The van der Waals surface area contributed by atoms with Gasteiger partial charge in [-0.3, -0.25) is 0 Å². The maximum absolute atomic E-state index is 13.8. The predicted octanol–water partition coefficient (Wildman–Crippen LogP) is 3.93. The average Bonchev–Trinajstić information content (AvgIpc) is 3.92. The second-order valence-corrected chi connectivity index (χ2v) is 12.8. The van der Waals surface area contributed by atoms with Crippen molar-refractivity contribution in [3.05, 3.63) is 71.3 Å². The number of nitrogens with one attached hydrogen (secondary N) is 1. The van der Waals surface area contributed by atoms with Gasteiger partial charge in [0.25, 0.3) is 0 Å². The van der Waals surface area contributed by atoms with Crippen LogP contribution in [0.2, 0.25) is 0 Å². The van der Waals surface area contributed by atoms with Crippen LogP contribution in [0.15, 0.2) is 48.5 Å². The first-order valence-corrected chi connectivity index (χ1v) is 16.8. The Labute approximate surface area is 298 Å². The molecule has 2 N–H and O–H groups in total. The number of aromatic nitrogens is 6. The number of tetrazole rings is 1. The molecule has 2 aliphatic heterocycles. The molecule has 17 nitrogen and oxygen atoms in total. The van der Waals surface area contributed by atoms with Crippen molar-refractivity contribution in [2.45, 2.75) is 83.4 Å². The molecule has 2 aliphatic rings. The summed E-state index contributed by atoms with van der Waals surface area (Å²) in [6.45, 7) is 6.65. The fourth-order valence-electron chi connectivity index (χ4n) is 6.22. The number of nitrogens with zero attached hydrogens (tertiary/aromatic N) is 5. The Morgan fingerprint density at radius 2 is 1.63 bits per heavy atom. The molecule has 2 aromatic heterocycles. The van der Waals surface area contributed by atoms with Gasteiger partial charge in [-0.15, -0.1) is 10.2 Å². The van der Waals surface area contributed by atoms with E-state index in [1.807, 2.05) is 55.5 Å². The molecular formula is C35H40N6O11. The summed E-state index contributed by atoms with van der Waals surface area (Å²) in [7, 11) is 1.19. The molecule has 4 heterocycles. The van der Waals surface area contributed by atoms with Crippen molar-refractivity contribution in [2.75, 3.05) is 20.3 Å². The highest BCUT2D eigenvalue weighted by Crippen LogP contribution is 2.33. The van der Waals surface area contributed by atoms with Gasteiger partial charge in [0.05, 0.1) is 20.3 Å². The Morgan fingerprint density at radius 1 is 0.981 bits per heavy atom. The number of methoxy groups -OCH3 is 1. The maximum Gasteiger partial charge on any atom is 0.511 e. The van der Waals surface area contributed by atoms with E-state index in [0.717, 1.165) is 28.7 Å². The number of hydrogen-bond acceptors (Lipinski definition) is 15. The number of aliphatic hydroxyl groups is 1. The summed E-state index contributed by atoms with van der Waals surface area (Å²) in [5, 5.41) is 25.5. The van der Waals surface area contributed by atoms with Crippen molar-refractivity contribution in [2.24, 2.45) is 0 Å². The summed E-state index contributed by atoms with van der Waals surface area (Å²) in [4.78, 5) is 42.8. The van der Waals surface area contributed by atoms with E-state index < -0.39 is 54.6 Å². The molecule has 0 spiro atoms. The number of carbonyl (C=O) groups is 3. The van der Waals surface area contributed by atoms with Crippen LogP contribution >= 0.6 is 0 Å². The quantitative estimate of drug-likeness (QED) is 0.121. The summed E-state index contributed by atoms with van der Waals surface area (Å²) in [6, 6.07) is 15.5. The van der Waals surface area contributed by atoms with Crippen LogP contribution in [-0.2, 0) is 51.7 Å². The lowest BCUT2D eigenvalue weighted by atomic mass is 9.98. The first-order valence-electron chi connectivity index (χ1n) is 16.8. The third kappa shape index (κ3) is 7.90. The molecule has 4 aromatic rings. The number of ether oxygens (including phenoxy) is 7. The fraction of sp³-hybridized carbons (Fsp3) is 0.457. The number of aromatic amines is 1. The minimum Gasteiger partial charge on any atom is -0.438 e. The van der Waals surface area contributed by atoms with Crippen LogP contribution in [-0.4, -0.2) is 105 Å². The molecule has 6 rings (SSSR count). The lowest BCUT2D eigenvalue weighted by Crippen LogP contribution is -2.36. The van der Waals surface area contributed by atoms with Crippen molar-refractivity contribution in [3.63, 3.8) is 0 Å². The zero-order valence-corrected chi connectivity index (χ0v) is 29.3. The Kier molecular flexibility index (Phi) is 10.8. The molecule has 0 saturated carbocycles. The first kappa shape index (κ1) is 36.4. The van der Waals surface area contributed by atoms with E-state index in [1.54, 1.807) is 4.57 Å². The number of aryl methyl sites for hydroxylation is 1. The standard InChI is InChI=1S/C35H40N6O11/c1-6-9-26-36-30(35(3,4)45)27(41(26)16-20-12-14-21(15-13-20)22-10-7-8-11-23(22)31-37-39-40-38-31)32(42)49-19(2)50-34(44)52-25-18-48-28-24(17-47-29(25)28)51-33(43)46-5/h7-8,10-15,19,24-25,28-29,45H,6,9,16-18H2,1-5H3,(H,37,38,39,40)/t19?,24-,25-,28+,29+/m0/s1. The van der Waals surface area contributed by atoms with Gasteiger partial charge in [0, 0.05) is 25.5 Å². The Morgan fingerprint density at radius 3 is 2.23 bits per heavy atom. The number of hydrogen-bond donors (Lipinski definition) is 2. The number of imidazole rings is 1. The normalized spacial score (nSPS) is 20.2. The highest BCUT2D eigenvalue weighted by atomic mass is 16.8. The molecular weight excluding hydrogens is 680 g/mol. The van der Waals surface area contributed by atoms with Crippen molar-refractivity contribution < 1.29 is 52.6 Å². The van der Waals surface area contributed by atoms with Gasteiger partial charge in [0.15, 0.2) is 17.9 Å². The molecule has 52 heavy (non-hydrogen) atoms. The zero-order chi connectivity index (χ0) is 37.0. The van der Waals surface area contributed by atoms with Gasteiger partial charge in [-0.05, 0) is 42.2 Å². The van der Waals surface area contributed by atoms with Gasteiger partial charge >= 0.3 is 18.3 Å². The minimum atomic E-state index is -1.51. The Balaban J connectivity index is 1.16. The largest absolute Gasteiger partial charge is 0.511 e. The average molecular weight is 721 g/mol. The Bertz CT molecular complexity index is 1870. The highest BCUT2D eigenvalue weighted by Gasteiger charge is 2.51. The van der Waals surface area contributed by atoms with Crippen LogP contribution < -0.4 is 0 Å². The molecule has 2 fully saturated rings. The topological polar surface area (TPSA) is 208 Å². The summed E-state index contributed by atoms with van der Waals surface area (Å²) in [5.74, 6) is 0.192. The van der Waals surface area contributed by atoms with Gasteiger partial charge in [-0.25, -0.2) is 19.4 Å². The molecule has 0 radical (unpaired) electrons. The number of H-pyrrole nitrogens is 1.